The first-order valence-corrected chi connectivity index (χ1v) is 5.65. The summed E-state index contributed by atoms with van der Waals surface area (Å²) < 4.78 is 0. The van der Waals surface area contributed by atoms with Crippen molar-refractivity contribution in [1.82, 2.24) is 9.97 Å². The molecule has 2 heterocycles. The molecule has 0 aromatic carbocycles. The molecule has 0 saturated heterocycles. The van der Waals surface area contributed by atoms with Gasteiger partial charge >= 0.3 is 0 Å². The van der Waals surface area contributed by atoms with Crippen molar-refractivity contribution in [3.05, 3.63) is 16.7 Å². The highest BCUT2D eigenvalue weighted by Gasteiger charge is 2.06. The molecule has 0 aliphatic heterocycles. The van der Waals surface area contributed by atoms with E-state index in [1.165, 1.54) is 11.3 Å². The highest BCUT2D eigenvalue weighted by molar-refractivity contribution is 7.16. The Balaban J connectivity index is 2.32. The Kier molecular flexibility index (Phi) is 3.05. The highest BCUT2D eigenvalue weighted by atomic mass is 35.5. The molecular formula is C10H8ClN3S. The molecule has 0 aliphatic rings. The molecule has 0 spiro atoms. The molecule has 0 radical (unpaired) electrons. The van der Waals surface area contributed by atoms with E-state index in [-0.39, 0.29) is 5.28 Å². The average Bonchev–Trinajstić information content (AvgIpc) is 2.65. The van der Waals surface area contributed by atoms with Gasteiger partial charge in [0, 0.05) is 13.0 Å². The quantitative estimate of drug-likeness (QED) is 0.507. The summed E-state index contributed by atoms with van der Waals surface area (Å²) in [5.74, 6) is 3.31. The van der Waals surface area contributed by atoms with Crippen LogP contribution < -0.4 is 5.32 Å². The molecule has 0 atom stereocenters. The van der Waals surface area contributed by atoms with Crippen LogP contribution in [0.5, 0.6) is 0 Å². The van der Waals surface area contributed by atoms with Crippen LogP contribution in [-0.4, -0.2) is 16.5 Å². The van der Waals surface area contributed by atoms with E-state index in [1.807, 2.05) is 11.4 Å². The van der Waals surface area contributed by atoms with Crippen molar-refractivity contribution in [2.24, 2.45) is 0 Å². The molecule has 0 fully saturated rings. The van der Waals surface area contributed by atoms with E-state index in [9.17, 15) is 0 Å². The van der Waals surface area contributed by atoms with Crippen molar-refractivity contribution < 1.29 is 0 Å². The van der Waals surface area contributed by atoms with Crippen LogP contribution in [0.15, 0.2) is 11.4 Å². The van der Waals surface area contributed by atoms with Gasteiger partial charge in [0.2, 0.25) is 5.28 Å². The summed E-state index contributed by atoms with van der Waals surface area (Å²) in [7, 11) is 0. The Morgan fingerprint density at radius 3 is 3.20 bits per heavy atom. The fourth-order valence-electron chi connectivity index (χ4n) is 1.22. The Labute approximate surface area is 96.5 Å². The largest absolute Gasteiger partial charge is 0.368 e. The van der Waals surface area contributed by atoms with E-state index in [0.29, 0.717) is 13.0 Å². The summed E-state index contributed by atoms with van der Waals surface area (Å²) in [6.07, 6.45) is 5.83. The summed E-state index contributed by atoms with van der Waals surface area (Å²) >= 11 is 7.34. The lowest BCUT2D eigenvalue weighted by atomic mass is 10.3. The molecule has 0 unspecified atom stereocenters. The van der Waals surface area contributed by atoms with Crippen LogP contribution in [0.4, 0.5) is 5.82 Å². The Morgan fingerprint density at radius 1 is 1.53 bits per heavy atom. The predicted octanol–water partition coefficient (Wildman–Crippen LogP) is 2.78. The third-order valence-corrected chi connectivity index (χ3v) is 2.84. The highest BCUT2D eigenvalue weighted by Crippen LogP contribution is 2.26. The van der Waals surface area contributed by atoms with Crippen LogP contribution in [-0.2, 0) is 0 Å². The van der Waals surface area contributed by atoms with Crippen molar-refractivity contribution in [2.75, 3.05) is 11.9 Å². The number of rotatable bonds is 3. The second kappa shape index (κ2) is 4.47. The van der Waals surface area contributed by atoms with Gasteiger partial charge in [-0.1, -0.05) is 0 Å². The molecule has 2 rings (SSSR count). The fourth-order valence-corrected chi connectivity index (χ4v) is 2.20. The second-order valence-electron chi connectivity index (χ2n) is 2.86. The van der Waals surface area contributed by atoms with Gasteiger partial charge < -0.3 is 5.32 Å². The van der Waals surface area contributed by atoms with Crippen molar-refractivity contribution in [2.45, 2.75) is 6.42 Å². The molecule has 3 nitrogen and oxygen atoms in total. The monoisotopic (exact) mass is 237 g/mol. The van der Waals surface area contributed by atoms with Gasteiger partial charge in [0.05, 0.1) is 5.39 Å². The lowest BCUT2D eigenvalue weighted by Gasteiger charge is -2.04. The summed E-state index contributed by atoms with van der Waals surface area (Å²) in [5, 5.41) is 6.35. The van der Waals surface area contributed by atoms with Gasteiger partial charge in [-0.15, -0.1) is 23.7 Å². The molecule has 5 heteroatoms. The fraction of sp³-hybridized carbons (Fsp3) is 0.200. The van der Waals surface area contributed by atoms with E-state index < -0.39 is 0 Å². The molecule has 15 heavy (non-hydrogen) atoms. The third kappa shape index (κ3) is 2.20. The second-order valence-corrected chi connectivity index (χ2v) is 4.09. The summed E-state index contributed by atoms with van der Waals surface area (Å²) in [6, 6.07) is 1.97. The first-order chi connectivity index (χ1) is 7.31. The molecule has 0 aliphatic carbocycles. The van der Waals surface area contributed by atoms with Crippen LogP contribution in [0.2, 0.25) is 5.28 Å². The number of thiophene rings is 1. The third-order valence-electron chi connectivity index (χ3n) is 1.86. The van der Waals surface area contributed by atoms with Crippen LogP contribution in [0.1, 0.15) is 6.42 Å². The van der Waals surface area contributed by atoms with Crippen molar-refractivity contribution >= 4 is 39.0 Å². The molecule has 2 aromatic heterocycles. The number of terminal acetylenes is 1. The van der Waals surface area contributed by atoms with E-state index >= 15 is 0 Å². The summed E-state index contributed by atoms with van der Waals surface area (Å²) in [4.78, 5) is 9.13. The van der Waals surface area contributed by atoms with Gasteiger partial charge in [0.25, 0.3) is 0 Å². The van der Waals surface area contributed by atoms with Crippen LogP contribution in [0, 0.1) is 12.3 Å². The number of aromatic nitrogens is 2. The normalized spacial score (nSPS) is 10.1. The minimum absolute atomic E-state index is 0.258. The van der Waals surface area contributed by atoms with Crippen LogP contribution in [0.3, 0.4) is 0 Å². The van der Waals surface area contributed by atoms with Gasteiger partial charge in [0.15, 0.2) is 0 Å². The predicted molar refractivity (Wildman–Crippen MR) is 64.4 cm³/mol. The van der Waals surface area contributed by atoms with Gasteiger partial charge in [-0.2, -0.15) is 0 Å². The molecule has 0 saturated carbocycles. The molecule has 0 bridgehead atoms. The maximum Gasteiger partial charge on any atom is 0.225 e. The van der Waals surface area contributed by atoms with E-state index in [4.69, 9.17) is 18.0 Å². The van der Waals surface area contributed by atoms with Gasteiger partial charge in [-0.25, -0.2) is 9.97 Å². The zero-order valence-corrected chi connectivity index (χ0v) is 9.40. The Morgan fingerprint density at radius 2 is 2.40 bits per heavy atom. The standard InChI is InChI=1S/C10H8ClN3S/c1-2-3-5-12-8-7-4-6-15-9(7)14-10(11)13-8/h1,4,6H,3,5H2,(H,12,13,14). The molecule has 76 valence electrons. The van der Waals surface area contributed by atoms with Crippen LogP contribution in [0.25, 0.3) is 10.2 Å². The Hall–Kier alpha value is -1.31. The minimum Gasteiger partial charge on any atom is -0.368 e. The average molecular weight is 238 g/mol. The maximum absolute atomic E-state index is 5.80. The summed E-state index contributed by atoms with van der Waals surface area (Å²) in [5.41, 5.74) is 0. The van der Waals surface area contributed by atoms with E-state index in [2.05, 4.69) is 21.2 Å². The smallest absolute Gasteiger partial charge is 0.225 e. The van der Waals surface area contributed by atoms with Gasteiger partial charge in [-0.3, -0.25) is 0 Å². The number of nitrogens with one attached hydrogen (secondary N) is 1. The number of fused-ring (bicyclic) bond motifs is 1. The molecule has 2 aromatic rings. The van der Waals surface area contributed by atoms with Crippen molar-refractivity contribution in [3.63, 3.8) is 0 Å². The molecule has 0 amide bonds. The van der Waals surface area contributed by atoms with Gasteiger partial charge in [0.1, 0.15) is 10.6 Å². The number of nitrogens with zero attached hydrogens (tertiary/aromatic N) is 2. The number of halogens is 1. The number of anilines is 1. The topological polar surface area (TPSA) is 37.8 Å². The zero-order chi connectivity index (χ0) is 10.7. The van der Waals surface area contributed by atoms with Crippen molar-refractivity contribution in [1.29, 1.82) is 0 Å². The SMILES string of the molecule is C#CCCNc1nc(Cl)nc2sccc12. The molecule has 1 N–H and O–H groups in total. The lowest BCUT2D eigenvalue weighted by molar-refractivity contribution is 1.07. The van der Waals surface area contributed by atoms with E-state index in [0.717, 1.165) is 16.0 Å². The van der Waals surface area contributed by atoms with Crippen molar-refractivity contribution in [3.8, 4) is 12.3 Å². The Bertz CT molecular complexity index is 515. The number of hydrogen-bond donors (Lipinski definition) is 1. The number of hydrogen-bond acceptors (Lipinski definition) is 4. The van der Waals surface area contributed by atoms with E-state index in [1.54, 1.807) is 0 Å². The maximum atomic E-state index is 5.80. The first kappa shape index (κ1) is 10.2. The summed E-state index contributed by atoms with van der Waals surface area (Å²) in [6.45, 7) is 0.689. The lowest BCUT2D eigenvalue weighted by Crippen LogP contribution is -2.03. The zero-order valence-electron chi connectivity index (χ0n) is 7.83. The first-order valence-electron chi connectivity index (χ1n) is 4.39. The molecular weight excluding hydrogens is 230 g/mol. The minimum atomic E-state index is 0.258. The van der Waals surface area contributed by atoms with Gasteiger partial charge in [-0.05, 0) is 23.0 Å². The van der Waals surface area contributed by atoms with Crippen LogP contribution >= 0.6 is 22.9 Å².